The smallest absolute Gasteiger partial charge is 0.161 e. The van der Waals surface area contributed by atoms with Crippen molar-refractivity contribution in [2.24, 2.45) is 0 Å². The molecule has 4 nitrogen and oxygen atoms in total. The number of phenolic OH excluding ortho intramolecular Hbond substituents is 1. The van der Waals surface area contributed by atoms with Gasteiger partial charge in [0.2, 0.25) is 0 Å². The molecule has 0 aliphatic heterocycles. The van der Waals surface area contributed by atoms with Gasteiger partial charge in [-0.1, -0.05) is 289 Å². The molecule has 0 heterocycles. The van der Waals surface area contributed by atoms with Gasteiger partial charge in [0.05, 0.1) is 0 Å². The molecule has 0 fully saturated rings. The molecule has 13 rings (SSSR count). The Bertz CT molecular complexity index is 3810. The minimum atomic E-state index is 0.164. The number of rotatable bonds is 9. The van der Waals surface area contributed by atoms with Crippen molar-refractivity contribution in [2.75, 3.05) is 0 Å². The molecule has 4 heteroatoms. The summed E-state index contributed by atoms with van der Waals surface area (Å²) in [5.74, 6) is 2.47. The molecular formula is C79H86O4. The van der Waals surface area contributed by atoms with Crippen LogP contribution in [0.3, 0.4) is 0 Å². The molecule has 0 saturated carbocycles. The van der Waals surface area contributed by atoms with Crippen LogP contribution in [0, 0.1) is 0 Å². The SMILES string of the molecule is CC.CC.CC.CC.CC.CC.Oc1ccccc1OCc1c2ccccc2cc2ccccc12.c1ccc(OCc2c3ccccc3cc3ccccc23)cc1.c1ccc2cc(OCc3c4ccccc4cc4ccccc34)ccc2c1. The van der Waals surface area contributed by atoms with Gasteiger partial charge in [-0.05, 0) is 130 Å². The summed E-state index contributed by atoms with van der Waals surface area (Å²) in [6.07, 6.45) is 0. The number of hydrogen-bond acceptors (Lipinski definition) is 4. The maximum atomic E-state index is 9.89. The summed E-state index contributed by atoms with van der Waals surface area (Å²) < 4.78 is 18.1. The first-order chi connectivity index (χ1) is 41.1. The lowest BCUT2D eigenvalue weighted by atomic mass is 9.97. The van der Waals surface area contributed by atoms with Crippen LogP contribution in [0.1, 0.15) is 99.8 Å². The third-order valence-electron chi connectivity index (χ3n) is 13.1. The molecule has 426 valence electrons. The van der Waals surface area contributed by atoms with Gasteiger partial charge < -0.3 is 19.3 Å². The summed E-state index contributed by atoms with van der Waals surface area (Å²) >= 11 is 0. The van der Waals surface area contributed by atoms with E-state index in [2.05, 4.69) is 182 Å². The van der Waals surface area contributed by atoms with Crippen molar-refractivity contribution >= 4 is 75.4 Å². The van der Waals surface area contributed by atoms with Crippen molar-refractivity contribution in [2.45, 2.75) is 103 Å². The quantitative estimate of drug-likeness (QED) is 0.146. The van der Waals surface area contributed by atoms with Gasteiger partial charge >= 0.3 is 0 Å². The van der Waals surface area contributed by atoms with E-state index in [4.69, 9.17) is 14.2 Å². The lowest BCUT2D eigenvalue weighted by Crippen LogP contribution is -1.98. The first-order valence-corrected chi connectivity index (χ1v) is 30.0. The predicted molar refractivity (Wildman–Crippen MR) is 364 cm³/mol. The molecule has 0 radical (unpaired) electrons. The molecule has 0 unspecified atom stereocenters. The average molecular weight is 1100 g/mol. The van der Waals surface area contributed by atoms with Crippen LogP contribution in [-0.2, 0) is 19.8 Å². The number of aromatic hydroxyl groups is 1. The van der Waals surface area contributed by atoms with E-state index >= 15 is 0 Å². The Morgan fingerprint density at radius 1 is 0.229 bits per heavy atom. The highest BCUT2D eigenvalue weighted by molar-refractivity contribution is 6.04. The lowest BCUT2D eigenvalue weighted by molar-refractivity contribution is 0.291. The Kier molecular flexibility index (Phi) is 27.7. The van der Waals surface area contributed by atoms with Crippen molar-refractivity contribution in [3.8, 4) is 23.0 Å². The Labute approximate surface area is 495 Å². The molecule has 0 aliphatic carbocycles. The zero-order chi connectivity index (χ0) is 59.8. The second kappa shape index (κ2) is 35.6. The maximum Gasteiger partial charge on any atom is 0.161 e. The predicted octanol–water partition coefficient (Wildman–Crippen LogP) is 23.7. The summed E-state index contributed by atoms with van der Waals surface area (Å²) in [5.41, 5.74) is 3.63. The van der Waals surface area contributed by atoms with E-state index in [-0.39, 0.29) is 5.75 Å². The summed E-state index contributed by atoms with van der Waals surface area (Å²) in [6.45, 7) is 25.5. The lowest BCUT2D eigenvalue weighted by Gasteiger charge is -2.13. The number of benzene rings is 13. The fourth-order valence-electron chi connectivity index (χ4n) is 9.60. The van der Waals surface area contributed by atoms with Gasteiger partial charge in [0.25, 0.3) is 0 Å². The minimum Gasteiger partial charge on any atom is -0.504 e. The fraction of sp³-hybridized carbons (Fsp3) is 0.190. The Hall–Kier alpha value is -9.12. The van der Waals surface area contributed by atoms with Crippen LogP contribution >= 0.6 is 0 Å². The molecule has 0 bridgehead atoms. The van der Waals surface area contributed by atoms with E-state index < -0.39 is 0 Å². The largest absolute Gasteiger partial charge is 0.504 e. The highest BCUT2D eigenvalue weighted by Gasteiger charge is 2.12. The van der Waals surface area contributed by atoms with Gasteiger partial charge in [0.1, 0.15) is 31.3 Å². The number of hydrogen-bond donors (Lipinski definition) is 1. The molecular weight excluding hydrogens is 1010 g/mol. The van der Waals surface area contributed by atoms with Gasteiger partial charge in [-0.2, -0.15) is 0 Å². The van der Waals surface area contributed by atoms with E-state index in [1.165, 1.54) is 86.5 Å². The van der Waals surface area contributed by atoms with Gasteiger partial charge in [-0.15, -0.1) is 0 Å². The van der Waals surface area contributed by atoms with E-state index in [0.717, 1.165) is 17.1 Å². The molecule has 0 aliphatic rings. The van der Waals surface area contributed by atoms with Crippen LogP contribution in [0.4, 0.5) is 0 Å². The number of phenols is 1. The van der Waals surface area contributed by atoms with Crippen LogP contribution in [0.15, 0.2) is 261 Å². The number of para-hydroxylation sites is 3. The summed E-state index contributed by atoms with van der Waals surface area (Å²) in [7, 11) is 0. The topological polar surface area (TPSA) is 47.9 Å². The summed E-state index contributed by atoms with van der Waals surface area (Å²) in [6, 6.07) is 89.1. The average Bonchev–Trinajstić information content (AvgIpc) is 3.75. The van der Waals surface area contributed by atoms with Crippen LogP contribution < -0.4 is 14.2 Å². The zero-order valence-corrected chi connectivity index (χ0v) is 51.1. The first kappa shape index (κ1) is 64.7. The van der Waals surface area contributed by atoms with Gasteiger partial charge in [0.15, 0.2) is 11.5 Å². The fourth-order valence-corrected chi connectivity index (χ4v) is 9.60. The molecule has 0 atom stereocenters. The third kappa shape index (κ3) is 17.0. The molecule has 0 aromatic heterocycles. The molecule has 1 N–H and O–H groups in total. The zero-order valence-electron chi connectivity index (χ0n) is 51.1. The molecule has 13 aromatic rings. The maximum absolute atomic E-state index is 9.89. The van der Waals surface area contributed by atoms with Crippen molar-refractivity contribution in [1.82, 2.24) is 0 Å². The van der Waals surface area contributed by atoms with Crippen LogP contribution in [0.5, 0.6) is 23.0 Å². The Morgan fingerprint density at radius 2 is 0.506 bits per heavy atom. The molecule has 0 saturated heterocycles. The van der Waals surface area contributed by atoms with E-state index in [9.17, 15) is 5.11 Å². The highest BCUT2D eigenvalue weighted by atomic mass is 16.5. The van der Waals surface area contributed by atoms with Crippen molar-refractivity contribution in [3.05, 3.63) is 278 Å². The Morgan fingerprint density at radius 3 is 0.867 bits per heavy atom. The second-order valence-corrected chi connectivity index (χ2v) is 17.5. The van der Waals surface area contributed by atoms with Crippen molar-refractivity contribution in [3.63, 3.8) is 0 Å². The monoisotopic (exact) mass is 1100 g/mol. The van der Waals surface area contributed by atoms with Crippen molar-refractivity contribution in [1.29, 1.82) is 0 Å². The molecule has 0 spiro atoms. The normalized spacial score (nSPS) is 9.88. The van der Waals surface area contributed by atoms with Crippen LogP contribution in [-0.4, -0.2) is 5.11 Å². The minimum absolute atomic E-state index is 0.164. The second-order valence-electron chi connectivity index (χ2n) is 17.5. The highest BCUT2D eigenvalue weighted by Crippen LogP contribution is 2.34. The van der Waals surface area contributed by atoms with Gasteiger partial charge in [0, 0.05) is 16.7 Å². The third-order valence-corrected chi connectivity index (χ3v) is 13.1. The summed E-state index contributed by atoms with van der Waals surface area (Å²) in [4.78, 5) is 0. The van der Waals surface area contributed by atoms with E-state index in [1.807, 2.05) is 144 Å². The van der Waals surface area contributed by atoms with E-state index in [0.29, 0.717) is 25.6 Å². The van der Waals surface area contributed by atoms with Gasteiger partial charge in [-0.3, -0.25) is 0 Å². The number of fused-ring (bicyclic) bond motifs is 7. The van der Waals surface area contributed by atoms with Gasteiger partial charge in [-0.25, -0.2) is 0 Å². The standard InChI is InChI=1S/C25H18O.C21H16O2.C21H16O.6C2H6/c1-2-8-19-16-22(14-13-18(19)7-1)26-17-25-23-11-5-3-9-20(23)15-21-10-4-6-12-24(21)25;22-20-11-5-6-12-21(20)23-14-19-17-9-3-1-7-15(17)13-16-8-2-4-10-18(16)19;1-2-10-18(11-3-1)22-15-21-19-12-6-4-8-16(19)14-17-9-5-7-13-20(17)21;6*1-2/h1-16H,17H2;1-13,22H,14H2;1-14H,15H2;6*1-2H3. The van der Waals surface area contributed by atoms with Crippen LogP contribution in [0.25, 0.3) is 75.4 Å². The van der Waals surface area contributed by atoms with Crippen molar-refractivity contribution < 1.29 is 19.3 Å². The Balaban J connectivity index is 0.000000209. The van der Waals surface area contributed by atoms with E-state index in [1.54, 1.807) is 18.2 Å². The molecule has 13 aromatic carbocycles. The van der Waals surface area contributed by atoms with Crippen LogP contribution in [0.2, 0.25) is 0 Å². The molecule has 0 amide bonds. The number of ether oxygens (including phenoxy) is 3. The summed E-state index contributed by atoms with van der Waals surface area (Å²) in [5, 5.41) is 27.1. The first-order valence-electron chi connectivity index (χ1n) is 30.0. The molecule has 83 heavy (non-hydrogen) atoms.